The van der Waals surface area contributed by atoms with Gasteiger partial charge in [-0.3, -0.25) is 0 Å². The van der Waals surface area contributed by atoms with Gasteiger partial charge in [0, 0.05) is 0 Å². The standard InChI is InChI=1S/C16H36N.C13H14O4S/c1-5-9-13-17(14-10-6-2,15-11-7-3)16-12-8-4;1-2-7-17-12-5-3-11-9-13(18(14,15)16)6-4-10(11)8-12/h5-16H2,1-4H3;3-6,8-9H,2,7H2,1H3,(H,14,15,16)/q+1;/p-1. The van der Waals surface area contributed by atoms with Crippen LogP contribution in [-0.4, -0.2) is 50.2 Å². The van der Waals surface area contributed by atoms with Crippen molar-refractivity contribution in [1.82, 2.24) is 0 Å². The van der Waals surface area contributed by atoms with Gasteiger partial charge >= 0.3 is 0 Å². The predicted octanol–water partition coefficient (Wildman–Crippen LogP) is 7.54. The minimum absolute atomic E-state index is 0.211. The Hall–Kier alpha value is -1.63. The highest BCUT2D eigenvalue weighted by atomic mass is 32.2. The Morgan fingerprint density at radius 3 is 1.57 bits per heavy atom. The first-order chi connectivity index (χ1) is 16.7. The summed E-state index contributed by atoms with van der Waals surface area (Å²) in [6, 6.07) is 9.63. The zero-order valence-electron chi connectivity index (χ0n) is 22.9. The number of ether oxygens (including phenoxy) is 1. The summed E-state index contributed by atoms with van der Waals surface area (Å²) in [6.45, 7) is 17.7. The van der Waals surface area contributed by atoms with Crippen molar-refractivity contribution in [2.24, 2.45) is 0 Å². The summed E-state index contributed by atoms with van der Waals surface area (Å²) < 4.78 is 39.6. The monoisotopic (exact) mass is 507 g/mol. The maximum absolute atomic E-state index is 10.9. The van der Waals surface area contributed by atoms with Crippen LogP contribution in [0.4, 0.5) is 0 Å². The van der Waals surface area contributed by atoms with Crippen molar-refractivity contribution in [3.05, 3.63) is 36.4 Å². The van der Waals surface area contributed by atoms with E-state index in [4.69, 9.17) is 4.74 Å². The molecular formula is C29H49NO4S. The highest BCUT2D eigenvalue weighted by molar-refractivity contribution is 7.85. The lowest BCUT2D eigenvalue weighted by atomic mass is 10.1. The topological polar surface area (TPSA) is 66.4 Å². The molecule has 0 atom stereocenters. The Balaban J connectivity index is 0.000000351. The zero-order valence-corrected chi connectivity index (χ0v) is 23.7. The first-order valence-corrected chi connectivity index (χ1v) is 15.1. The van der Waals surface area contributed by atoms with Gasteiger partial charge in [-0.1, -0.05) is 72.4 Å². The fourth-order valence-electron chi connectivity index (χ4n) is 4.31. The van der Waals surface area contributed by atoms with Crippen molar-refractivity contribution in [2.75, 3.05) is 32.8 Å². The van der Waals surface area contributed by atoms with Crippen molar-refractivity contribution in [3.63, 3.8) is 0 Å². The second kappa shape index (κ2) is 16.9. The Bertz CT molecular complexity index is 905. The van der Waals surface area contributed by atoms with Crippen LogP contribution in [0.3, 0.4) is 0 Å². The molecule has 2 aromatic carbocycles. The molecule has 6 heteroatoms. The maximum atomic E-state index is 10.9. The lowest BCUT2D eigenvalue weighted by molar-refractivity contribution is -0.929. The van der Waals surface area contributed by atoms with Gasteiger partial charge in [0.2, 0.25) is 0 Å². The van der Waals surface area contributed by atoms with Gasteiger partial charge in [0.05, 0.1) is 37.7 Å². The molecule has 200 valence electrons. The van der Waals surface area contributed by atoms with E-state index in [0.29, 0.717) is 12.0 Å². The third-order valence-electron chi connectivity index (χ3n) is 6.49. The number of hydrogen-bond acceptors (Lipinski definition) is 4. The molecule has 0 aliphatic heterocycles. The lowest BCUT2D eigenvalue weighted by Gasteiger charge is -2.39. The molecule has 0 aliphatic rings. The van der Waals surface area contributed by atoms with Gasteiger partial charge in [-0.2, -0.15) is 0 Å². The third kappa shape index (κ3) is 11.8. The van der Waals surface area contributed by atoms with Crippen LogP contribution >= 0.6 is 0 Å². The lowest BCUT2D eigenvalue weighted by Crippen LogP contribution is -2.50. The van der Waals surface area contributed by atoms with Crippen LogP contribution in [0.5, 0.6) is 5.75 Å². The van der Waals surface area contributed by atoms with E-state index in [0.717, 1.165) is 17.6 Å². The van der Waals surface area contributed by atoms with Crippen LogP contribution < -0.4 is 4.74 Å². The first-order valence-electron chi connectivity index (χ1n) is 13.7. The van der Waals surface area contributed by atoms with Crippen LogP contribution in [-0.2, 0) is 10.1 Å². The number of unbranched alkanes of at least 4 members (excludes halogenated alkanes) is 4. The molecular weight excluding hydrogens is 458 g/mol. The van der Waals surface area contributed by atoms with E-state index in [9.17, 15) is 13.0 Å². The van der Waals surface area contributed by atoms with E-state index in [1.165, 1.54) is 94.2 Å². The van der Waals surface area contributed by atoms with Gasteiger partial charge in [-0.15, -0.1) is 0 Å². The molecule has 0 bridgehead atoms. The first kappa shape index (κ1) is 31.4. The molecule has 0 heterocycles. The van der Waals surface area contributed by atoms with Crippen LogP contribution in [0.25, 0.3) is 10.8 Å². The highest BCUT2D eigenvalue weighted by Crippen LogP contribution is 2.24. The average Bonchev–Trinajstić information content (AvgIpc) is 2.86. The molecule has 0 amide bonds. The van der Waals surface area contributed by atoms with Gasteiger partial charge in [0.15, 0.2) is 0 Å². The predicted molar refractivity (Wildman–Crippen MR) is 147 cm³/mol. The summed E-state index contributed by atoms with van der Waals surface area (Å²) in [5.74, 6) is 0.738. The summed E-state index contributed by atoms with van der Waals surface area (Å²) in [5, 5.41) is 1.55. The quantitative estimate of drug-likeness (QED) is 0.174. The van der Waals surface area contributed by atoms with Gasteiger partial charge in [0.1, 0.15) is 15.9 Å². The number of nitrogens with zero attached hydrogens (tertiary/aromatic N) is 1. The van der Waals surface area contributed by atoms with Crippen molar-refractivity contribution in [3.8, 4) is 5.75 Å². The van der Waals surface area contributed by atoms with E-state index < -0.39 is 10.1 Å². The van der Waals surface area contributed by atoms with Crippen molar-refractivity contribution < 1.29 is 22.2 Å². The molecule has 0 N–H and O–H groups in total. The molecule has 2 rings (SSSR count). The molecule has 2 aromatic rings. The highest BCUT2D eigenvalue weighted by Gasteiger charge is 2.24. The molecule has 0 aromatic heterocycles. The summed E-state index contributed by atoms with van der Waals surface area (Å²) in [5.41, 5.74) is 0. The van der Waals surface area contributed by atoms with E-state index in [1.807, 2.05) is 13.0 Å². The van der Waals surface area contributed by atoms with Gasteiger partial charge in [-0.25, -0.2) is 8.42 Å². The number of benzene rings is 2. The minimum atomic E-state index is -4.40. The fraction of sp³-hybridized carbons (Fsp3) is 0.655. The van der Waals surface area contributed by atoms with Gasteiger partial charge < -0.3 is 13.8 Å². The van der Waals surface area contributed by atoms with E-state index in [1.54, 1.807) is 18.2 Å². The SMILES string of the molecule is CCCC[N+](CCCC)(CCCC)CCCC.CCCOc1ccc2cc(S(=O)(=O)[O-])ccc2c1. The Morgan fingerprint density at radius 2 is 1.14 bits per heavy atom. The smallest absolute Gasteiger partial charge is 0.124 e. The Labute approximate surface area is 215 Å². The van der Waals surface area contributed by atoms with Crippen LogP contribution in [0.2, 0.25) is 0 Å². The molecule has 0 unspecified atom stereocenters. The number of rotatable bonds is 16. The normalized spacial score (nSPS) is 11.8. The Kier molecular flexibility index (Phi) is 15.2. The molecule has 5 nitrogen and oxygen atoms in total. The van der Waals surface area contributed by atoms with E-state index in [-0.39, 0.29) is 4.90 Å². The molecule has 0 spiro atoms. The largest absolute Gasteiger partial charge is 0.744 e. The molecule has 0 aliphatic carbocycles. The summed E-state index contributed by atoms with van der Waals surface area (Å²) in [7, 11) is -4.40. The van der Waals surface area contributed by atoms with Gasteiger partial charge in [0.25, 0.3) is 0 Å². The number of quaternary nitrogens is 1. The van der Waals surface area contributed by atoms with E-state index in [2.05, 4.69) is 27.7 Å². The molecule has 0 fully saturated rings. The summed E-state index contributed by atoms with van der Waals surface area (Å²) >= 11 is 0. The van der Waals surface area contributed by atoms with Gasteiger partial charge in [-0.05, 0) is 67.1 Å². The Morgan fingerprint density at radius 1 is 0.686 bits per heavy atom. The molecule has 0 saturated heterocycles. The van der Waals surface area contributed by atoms with E-state index >= 15 is 0 Å². The average molecular weight is 508 g/mol. The zero-order chi connectivity index (χ0) is 26.2. The summed E-state index contributed by atoms with van der Waals surface area (Å²) in [6.07, 6.45) is 12.0. The van der Waals surface area contributed by atoms with Crippen molar-refractivity contribution >= 4 is 20.9 Å². The maximum Gasteiger partial charge on any atom is 0.124 e. The van der Waals surface area contributed by atoms with Crippen LogP contribution in [0.1, 0.15) is 92.4 Å². The molecule has 0 radical (unpaired) electrons. The number of hydrogen-bond donors (Lipinski definition) is 0. The minimum Gasteiger partial charge on any atom is -0.744 e. The van der Waals surface area contributed by atoms with Crippen molar-refractivity contribution in [2.45, 2.75) is 97.3 Å². The molecule has 35 heavy (non-hydrogen) atoms. The second-order valence-electron chi connectivity index (χ2n) is 9.62. The van der Waals surface area contributed by atoms with Crippen LogP contribution in [0, 0.1) is 0 Å². The fourth-order valence-corrected chi connectivity index (χ4v) is 4.82. The summed E-state index contributed by atoms with van der Waals surface area (Å²) in [4.78, 5) is -0.211. The molecule has 0 saturated carbocycles. The van der Waals surface area contributed by atoms with Crippen molar-refractivity contribution in [1.29, 1.82) is 0 Å². The number of fused-ring (bicyclic) bond motifs is 1. The third-order valence-corrected chi connectivity index (χ3v) is 7.32. The van der Waals surface area contributed by atoms with Crippen LogP contribution in [0.15, 0.2) is 41.3 Å². The second-order valence-corrected chi connectivity index (χ2v) is 11.0.